The molecule has 2 aliphatic carbocycles. The highest BCUT2D eigenvalue weighted by Crippen LogP contribution is 2.62. The molecule has 1 aromatic rings. The Bertz CT molecular complexity index is 958. The van der Waals surface area contributed by atoms with Crippen LogP contribution in [0.3, 0.4) is 0 Å². The van der Waals surface area contributed by atoms with E-state index in [0.717, 1.165) is 38.0 Å². The summed E-state index contributed by atoms with van der Waals surface area (Å²) in [5.41, 5.74) is 2.35. The van der Waals surface area contributed by atoms with Crippen LogP contribution in [0.25, 0.3) is 0 Å². The molecule has 4 aliphatic rings. The number of likely N-dealkylation sites (N-methyl/N-ethyl adjacent to an activating group) is 1. The van der Waals surface area contributed by atoms with E-state index in [1.54, 1.807) is 0 Å². The number of carbonyl (C=O) groups is 2. The van der Waals surface area contributed by atoms with E-state index in [0.29, 0.717) is 30.7 Å². The van der Waals surface area contributed by atoms with Crippen LogP contribution in [0.2, 0.25) is 0 Å². The minimum Gasteiger partial charge on any atom is -0.482 e. The summed E-state index contributed by atoms with van der Waals surface area (Å²) in [5, 5.41) is 0. The van der Waals surface area contributed by atoms with Gasteiger partial charge in [0.05, 0.1) is 7.11 Å². The second-order valence-electron chi connectivity index (χ2n) is 9.38. The molecule has 1 saturated heterocycles. The van der Waals surface area contributed by atoms with Crippen LogP contribution in [0.1, 0.15) is 43.7 Å². The molecule has 5 rings (SSSR count). The van der Waals surface area contributed by atoms with Crippen molar-refractivity contribution in [3.8, 4) is 11.5 Å². The second-order valence-corrected chi connectivity index (χ2v) is 9.38. The standard InChI is InChI=1S/C25H31NO6/c1-15(27)31-19-9-7-16-14-18-17-8-10-20(30-13-5-4-6-21(28)29-3)24-25(17,11-12-26(18)2)22(16)23(19)32-24/h7-10,17-18,20,24H,4-6,11-14H2,1-3H3/t17-,18+,20-,24-,25-/m0/s1. The van der Waals surface area contributed by atoms with Crippen molar-refractivity contribution in [2.75, 3.05) is 27.3 Å². The van der Waals surface area contributed by atoms with Gasteiger partial charge in [0.25, 0.3) is 0 Å². The van der Waals surface area contributed by atoms with Crippen LogP contribution in [0.5, 0.6) is 11.5 Å². The van der Waals surface area contributed by atoms with E-state index in [9.17, 15) is 9.59 Å². The number of benzene rings is 1. The molecule has 7 nitrogen and oxygen atoms in total. The Hall–Kier alpha value is -2.38. The number of rotatable bonds is 7. The first-order valence-corrected chi connectivity index (χ1v) is 11.5. The number of unbranched alkanes of at least 4 members (excludes halogenated alkanes) is 1. The number of carbonyl (C=O) groups excluding carboxylic acids is 2. The Morgan fingerprint density at radius 3 is 2.88 bits per heavy atom. The van der Waals surface area contributed by atoms with Gasteiger partial charge in [-0.3, -0.25) is 9.59 Å². The van der Waals surface area contributed by atoms with Crippen molar-refractivity contribution in [2.45, 2.75) is 62.7 Å². The third kappa shape index (κ3) is 3.25. The lowest BCUT2D eigenvalue weighted by atomic mass is 9.53. The van der Waals surface area contributed by atoms with Crippen molar-refractivity contribution in [1.29, 1.82) is 0 Å². The maximum absolute atomic E-state index is 11.7. The van der Waals surface area contributed by atoms with E-state index in [2.05, 4.69) is 30.2 Å². The molecule has 5 atom stereocenters. The van der Waals surface area contributed by atoms with Gasteiger partial charge in [0.1, 0.15) is 12.2 Å². The lowest BCUT2D eigenvalue weighted by Gasteiger charge is -2.56. The minimum atomic E-state index is -0.345. The van der Waals surface area contributed by atoms with E-state index in [1.165, 1.54) is 25.2 Å². The van der Waals surface area contributed by atoms with Gasteiger partial charge in [-0.05, 0) is 50.9 Å². The molecule has 0 unspecified atom stereocenters. The van der Waals surface area contributed by atoms with Gasteiger partial charge in [-0.2, -0.15) is 0 Å². The van der Waals surface area contributed by atoms with Crippen LogP contribution < -0.4 is 9.47 Å². The van der Waals surface area contributed by atoms with Crippen LogP contribution in [-0.2, 0) is 30.9 Å². The summed E-state index contributed by atoms with van der Waals surface area (Å²) in [6.45, 7) is 2.97. The molecule has 7 heteroatoms. The zero-order valence-electron chi connectivity index (χ0n) is 19.0. The summed E-state index contributed by atoms with van der Waals surface area (Å²) >= 11 is 0. The quantitative estimate of drug-likeness (QED) is 0.279. The monoisotopic (exact) mass is 441 g/mol. The summed E-state index contributed by atoms with van der Waals surface area (Å²) in [5.74, 6) is 1.03. The first-order valence-electron chi connectivity index (χ1n) is 11.5. The van der Waals surface area contributed by atoms with Gasteiger partial charge in [0, 0.05) is 42.9 Å². The second kappa shape index (κ2) is 8.19. The van der Waals surface area contributed by atoms with Crippen molar-refractivity contribution in [2.24, 2.45) is 5.92 Å². The molecule has 1 aromatic carbocycles. The van der Waals surface area contributed by atoms with Gasteiger partial charge in [0.15, 0.2) is 11.5 Å². The van der Waals surface area contributed by atoms with E-state index in [-0.39, 0.29) is 29.6 Å². The highest BCUT2D eigenvalue weighted by Gasteiger charge is 2.64. The number of hydrogen-bond acceptors (Lipinski definition) is 7. The molecule has 0 aromatic heterocycles. The normalized spacial score (nSPS) is 31.6. The predicted molar refractivity (Wildman–Crippen MR) is 117 cm³/mol. The van der Waals surface area contributed by atoms with Crippen molar-refractivity contribution in [3.05, 3.63) is 35.4 Å². The largest absolute Gasteiger partial charge is 0.482 e. The van der Waals surface area contributed by atoms with Crippen LogP contribution >= 0.6 is 0 Å². The third-order valence-electron chi connectivity index (χ3n) is 7.68. The van der Waals surface area contributed by atoms with E-state index < -0.39 is 0 Å². The Labute approximate surface area is 188 Å². The van der Waals surface area contributed by atoms with E-state index in [4.69, 9.17) is 18.9 Å². The zero-order valence-corrected chi connectivity index (χ0v) is 19.0. The maximum atomic E-state index is 11.7. The summed E-state index contributed by atoms with van der Waals surface area (Å²) in [6, 6.07) is 4.40. The van der Waals surface area contributed by atoms with Crippen LogP contribution in [-0.4, -0.2) is 62.4 Å². The first-order chi connectivity index (χ1) is 15.5. The Morgan fingerprint density at radius 1 is 1.25 bits per heavy atom. The van der Waals surface area contributed by atoms with Crippen LogP contribution in [0, 0.1) is 5.92 Å². The molecule has 2 bridgehead atoms. The summed E-state index contributed by atoms with van der Waals surface area (Å²) < 4.78 is 23.2. The smallest absolute Gasteiger partial charge is 0.308 e. The highest BCUT2D eigenvalue weighted by molar-refractivity contribution is 5.72. The SMILES string of the molecule is COC(=O)CCCCO[C@H]1C=C[C@H]2[C@H]3Cc4ccc(OC(C)=O)c5c4[C@@]2(CCN3C)[C@H]1O5. The fraction of sp³-hybridized carbons (Fsp3) is 0.600. The van der Waals surface area contributed by atoms with Crippen molar-refractivity contribution >= 4 is 11.9 Å². The molecule has 2 heterocycles. The van der Waals surface area contributed by atoms with Gasteiger partial charge >= 0.3 is 11.9 Å². The van der Waals surface area contributed by atoms with Gasteiger partial charge < -0.3 is 23.8 Å². The first kappa shape index (κ1) is 21.5. The van der Waals surface area contributed by atoms with Gasteiger partial charge in [-0.25, -0.2) is 0 Å². The Morgan fingerprint density at radius 2 is 2.09 bits per heavy atom. The van der Waals surface area contributed by atoms with Crippen molar-refractivity contribution < 1.29 is 28.5 Å². The molecule has 0 saturated carbocycles. The number of hydrogen-bond donors (Lipinski definition) is 0. The number of ether oxygens (including phenoxy) is 4. The average molecular weight is 442 g/mol. The van der Waals surface area contributed by atoms with Gasteiger partial charge in [-0.1, -0.05) is 18.2 Å². The topological polar surface area (TPSA) is 74.3 Å². The average Bonchev–Trinajstić information content (AvgIpc) is 3.12. The predicted octanol–water partition coefficient (Wildman–Crippen LogP) is 2.79. The van der Waals surface area contributed by atoms with Crippen LogP contribution in [0.15, 0.2) is 24.3 Å². The summed E-state index contributed by atoms with van der Waals surface area (Å²) in [4.78, 5) is 25.5. The fourth-order valence-electron chi connectivity index (χ4n) is 6.28. The Balaban J connectivity index is 1.44. The molecule has 1 fully saturated rings. The maximum Gasteiger partial charge on any atom is 0.308 e. The molecule has 0 N–H and O–H groups in total. The van der Waals surface area contributed by atoms with E-state index >= 15 is 0 Å². The highest BCUT2D eigenvalue weighted by atomic mass is 16.6. The summed E-state index contributed by atoms with van der Waals surface area (Å²) in [7, 11) is 3.62. The molecule has 0 amide bonds. The van der Waals surface area contributed by atoms with Crippen molar-refractivity contribution in [1.82, 2.24) is 4.90 Å². The van der Waals surface area contributed by atoms with Gasteiger partial charge in [0.2, 0.25) is 0 Å². The third-order valence-corrected chi connectivity index (χ3v) is 7.68. The van der Waals surface area contributed by atoms with Crippen molar-refractivity contribution in [3.63, 3.8) is 0 Å². The number of piperidine rings is 1. The minimum absolute atomic E-state index is 0.153. The molecular weight excluding hydrogens is 410 g/mol. The number of likely N-dealkylation sites (tertiary alicyclic amines) is 1. The molecule has 2 aliphatic heterocycles. The molecular formula is C25H31NO6. The van der Waals surface area contributed by atoms with E-state index in [1.807, 2.05) is 6.07 Å². The number of methoxy groups -OCH3 is 1. The fourth-order valence-corrected chi connectivity index (χ4v) is 6.28. The zero-order chi connectivity index (χ0) is 22.5. The molecule has 0 radical (unpaired) electrons. The van der Waals surface area contributed by atoms with Gasteiger partial charge in [-0.15, -0.1) is 0 Å². The molecule has 1 spiro atoms. The summed E-state index contributed by atoms with van der Waals surface area (Å²) in [6.07, 6.45) is 8.01. The number of nitrogens with zero attached hydrogens (tertiary/aromatic N) is 1. The molecule has 172 valence electrons. The molecule has 32 heavy (non-hydrogen) atoms. The lowest BCUT2D eigenvalue weighted by Crippen LogP contribution is -2.65. The Kier molecular flexibility index (Phi) is 5.50. The number of esters is 2. The van der Waals surface area contributed by atoms with Crippen LogP contribution in [0.4, 0.5) is 0 Å². The lowest BCUT2D eigenvalue weighted by molar-refractivity contribution is -0.140.